The van der Waals surface area contributed by atoms with Crippen molar-refractivity contribution in [3.8, 4) is 6.07 Å². The summed E-state index contributed by atoms with van der Waals surface area (Å²) < 4.78 is 37.7. The van der Waals surface area contributed by atoms with E-state index in [2.05, 4.69) is 15.9 Å². The molecule has 0 aliphatic rings. The van der Waals surface area contributed by atoms with E-state index in [-0.39, 0.29) is 11.1 Å². The molecule has 0 N–H and O–H groups in total. The Morgan fingerprint density at radius 1 is 1.33 bits per heavy atom. The van der Waals surface area contributed by atoms with Crippen LogP contribution in [-0.2, 0) is 12.6 Å². The van der Waals surface area contributed by atoms with Crippen LogP contribution in [0.5, 0.6) is 0 Å². The van der Waals surface area contributed by atoms with Crippen LogP contribution in [0.25, 0.3) is 0 Å². The summed E-state index contributed by atoms with van der Waals surface area (Å²) in [7, 11) is 0. The van der Waals surface area contributed by atoms with Crippen LogP contribution in [-0.4, -0.2) is 5.33 Å². The SMILES string of the molecule is N#Cc1ccc(CCBr)c(C(F)(F)F)c1. The number of hydrogen-bond acceptors (Lipinski definition) is 1. The van der Waals surface area contributed by atoms with Gasteiger partial charge in [0.15, 0.2) is 0 Å². The van der Waals surface area contributed by atoms with E-state index in [0.717, 1.165) is 6.07 Å². The van der Waals surface area contributed by atoms with E-state index >= 15 is 0 Å². The number of aryl methyl sites for hydroxylation is 1. The lowest BCUT2D eigenvalue weighted by molar-refractivity contribution is -0.138. The number of hydrogen-bond donors (Lipinski definition) is 0. The van der Waals surface area contributed by atoms with E-state index in [9.17, 15) is 13.2 Å². The zero-order valence-corrected chi connectivity index (χ0v) is 9.19. The predicted octanol–water partition coefficient (Wildman–Crippen LogP) is 3.51. The Morgan fingerprint density at radius 3 is 2.47 bits per heavy atom. The highest BCUT2D eigenvalue weighted by atomic mass is 79.9. The van der Waals surface area contributed by atoms with Gasteiger partial charge >= 0.3 is 6.18 Å². The van der Waals surface area contributed by atoms with Crippen LogP contribution in [0, 0.1) is 11.3 Å². The highest BCUT2D eigenvalue weighted by Gasteiger charge is 2.33. The Kier molecular flexibility index (Phi) is 3.75. The van der Waals surface area contributed by atoms with Crippen LogP contribution in [0.2, 0.25) is 0 Å². The molecule has 1 nitrogen and oxygen atoms in total. The van der Waals surface area contributed by atoms with Crippen molar-refractivity contribution in [2.75, 3.05) is 5.33 Å². The average molecular weight is 278 g/mol. The molecule has 0 saturated carbocycles. The summed E-state index contributed by atoms with van der Waals surface area (Å²) in [6.45, 7) is 0. The molecular formula is C10H7BrF3N. The Labute approximate surface area is 93.6 Å². The van der Waals surface area contributed by atoms with Gasteiger partial charge < -0.3 is 0 Å². The van der Waals surface area contributed by atoms with Gasteiger partial charge in [0.2, 0.25) is 0 Å². The van der Waals surface area contributed by atoms with Crippen molar-refractivity contribution in [2.24, 2.45) is 0 Å². The van der Waals surface area contributed by atoms with Gasteiger partial charge in [-0.25, -0.2) is 0 Å². The van der Waals surface area contributed by atoms with E-state index in [0.29, 0.717) is 11.8 Å². The molecule has 0 aromatic heterocycles. The number of benzene rings is 1. The standard InChI is InChI=1S/C10H7BrF3N/c11-4-3-8-2-1-7(6-15)5-9(8)10(12,13)14/h1-2,5H,3-4H2. The molecule has 0 atom stereocenters. The number of nitrogens with zero attached hydrogens (tertiary/aromatic N) is 1. The lowest BCUT2D eigenvalue weighted by Crippen LogP contribution is -2.10. The summed E-state index contributed by atoms with van der Waals surface area (Å²) in [5, 5.41) is 8.98. The Morgan fingerprint density at radius 2 is 2.00 bits per heavy atom. The second kappa shape index (κ2) is 4.67. The van der Waals surface area contributed by atoms with Gasteiger partial charge in [0, 0.05) is 5.33 Å². The molecule has 0 heterocycles. The molecule has 0 radical (unpaired) electrons. The molecule has 0 aliphatic heterocycles. The fourth-order valence-corrected chi connectivity index (χ4v) is 1.66. The largest absolute Gasteiger partial charge is 0.416 e. The van der Waals surface area contributed by atoms with Gasteiger partial charge in [-0.15, -0.1) is 0 Å². The molecule has 0 unspecified atom stereocenters. The van der Waals surface area contributed by atoms with Gasteiger partial charge in [0.25, 0.3) is 0 Å². The number of halogens is 4. The summed E-state index contributed by atoms with van der Waals surface area (Å²) >= 11 is 3.09. The molecule has 1 aromatic rings. The van der Waals surface area contributed by atoms with E-state index in [1.807, 2.05) is 0 Å². The maximum absolute atomic E-state index is 12.6. The van der Waals surface area contributed by atoms with Crippen molar-refractivity contribution in [1.29, 1.82) is 5.26 Å². The first-order chi connectivity index (χ1) is 6.99. The average Bonchev–Trinajstić information content (AvgIpc) is 2.17. The number of alkyl halides is 4. The second-order valence-electron chi connectivity index (χ2n) is 2.92. The molecule has 0 amide bonds. The summed E-state index contributed by atoms with van der Waals surface area (Å²) in [5.41, 5.74) is -0.486. The topological polar surface area (TPSA) is 23.8 Å². The molecule has 0 aliphatic carbocycles. The predicted molar refractivity (Wildman–Crippen MR) is 53.7 cm³/mol. The minimum absolute atomic E-state index is 0.0284. The molecule has 15 heavy (non-hydrogen) atoms. The molecule has 0 bridgehead atoms. The third kappa shape index (κ3) is 2.96. The number of nitriles is 1. The maximum atomic E-state index is 12.6. The van der Waals surface area contributed by atoms with E-state index < -0.39 is 11.7 Å². The maximum Gasteiger partial charge on any atom is 0.416 e. The number of rotatable bonds is 2. The highest BCUT2D eigenvalue weighted by molar-refractivity contribution is 9.09. The normalized spacial score (nSPS) is 11.1. The zero-order valence-electron chi connectivity index (χ0n) is 7.61. The minimum Gasteiger partial charge on any atom is -0.192 e. The second-order valence-corrected chi connectivity index (χ2v) is 3.71. The van der Waals surface area contributed by atoms with Gasteiger partial charge in [-0.2, -0.15) is 18.4 Å². The molecule has 0 saturated heterocycles. The van der Waals surface area contributed by atoms with Crippen molar-refractivity contribution >= 4 is 15.9 Å². The van der Waals surface area contributed by atoms with Crippen molar-refractivity contribution in [2.45, 2.75) is 12.6 Å². The molecule has 1 rings (SSSR count). The Bertz CT molecular complexity index is 393. The minimum atomic E-state index is -4.40. The first kappa shape index (κ1) is 12.1. The van der Waals surface area contributed by atoms with Gasteiger partial charge in [0.1, 0.15) is 0 Å². The smallest absolute Gasteiger partial charge is 0.192 e. The zero-order chi connectivity index (χ0) is 11.5. The third-order valence-electron chi connectivity index (χ3n) is 1.91. The molecule has 80 valence electrons. The van der Waals surface area contributed by atoms with Crippen LogP contribution in [0.3, 0.4) is 0 Å². The Balaban J connectivity index is 3.24. The van der Waals surface area contributed by atoms with Gasteiger partial charge in [-0.1, -0.05) is 22.0 Å². The van der Waals surface area contributed by atoms with Crippen LogP contribution in [0.1, 0.15) is 16.7 Å². The van der Waals surface area contributed by atoms with E-state index in [1.165, 1.54) is 12.1 Å². The lowest BCUT2D eigenvalue weighted by atomic mass is 10.0. The van der Waals surface area contributed by atoms with Gasteiger partial charge in [-0.3, -0.25) is 0 Å². The van der Waals surface area contributed by atoms with Crippen LogP contribution in [0.4, 0.5) is 13.2 Å². The highest BCUT2D eigenvalue weighted by Crippen LogP contribution is 2.33. The molecular weight excluding hydrogens is 271 g/mol. The first-order valence-corrected chi connectivity index (χ1v) is 5.27. The molecule has 5 heteroatoms. The third-order valence-corrected chi connectivity index (χ3v) is 2.30. The summed E-state index contributed by atoms with van der Waals surface area (Å²) in [6, 6.07) is 5.33. The Hall–Kier alpha value is -1.02. The van der Waals surface area contributed by atoms with Gasteiger partial charge in [-0.05, 0) is 24.1 Å². The molecule has 0 spiro atoms. The van der Waals surface area contributed by atoms with Crippen LogP contribution < -0.4 is 0 Å². The van der Waals surface area contributed by atoms with Gasteiger partial charge in [0.05, 0.1) is 17.2 Å². The lowest BCUT2D eigenvalue weighted by Gasteiger charge is -2.12. The summed E-state index contributed by atoms with van der Waals surface area (Å²) in [6.07, 6.45) is -4.11. The molecule has 0 fully saturated rings. The van der Waals surface area contributed by atoms with Crippen molar-refractivity contribution in [1.82, 2.24) is 0 Å². The first-order valence-electron chi connectivity index (χ1n) is 4.15. The van der Waals surface area contributed by atoms with Crippen molar-refractivity contribution < 1.29 is 13.2 Å². The van der Waals surface area contributed by atoms with E-state index in [1.54, 1.807) is 6.07 Å². The van der Waals surface area contributed by atoms with Crippen LogP contribution in [0.15, 0.2) is 18.2 Å². The van der Waals surface area contributed by atoms with Crippen molar-refractivity contribution in [3.63, 3.8) is 0 Å². The van der Waals surface area contributed by atoms with E-state index in [4.69, 9.17) is 5.26 Å². The quantitative estimate of drug-likeness (QED) is 0.759. The summed E-state index contributed by atoms with van der Waals surface area (Å²) in [5.74, 6) is 0. The fraction of sp³-hybridized carbons (Fsp3) is 0.300. The van der Waals surface area contributed by atoms with Crippen molar-refractivity contribution in [3.05, 3.63) is 34.9 Å². The summed E-state index contributed by atoms with van der Waals surface area (Å²) in [4.78, 5) is 0. The fourth-order valence-electron chi connectivity index (χ4n) is 1.23. The molecule has 1 aromatic carbocycles. The monoisotopic (exact) mass is 277 g/mol. The van der Waals surface area contributed by atoms with Crippen LogP contribution >= 0.6 is 15.9 Å².